The number of hydrogen-bond acceptors (Lipinski definition) is 5. The Labute approximate surface area is 201 Å². The summed E-state index contributed by atoms with van der Waals surface area (Å²) in [6.45, 7) is 4.08. The van der Waals surface area contributed by atoms with E-state index < -0.39 is 11.7 Å². The molecule has 188 valence electrons. The number of aryl methyl sites for hydroxylation is 1. The lowest BCUT2D eigenvalue weighted by atomic mass is 10.1. The fourth-order valence-corrected chi connectivity index (χ4v) is 4.22. The van der Waals surface area contributed by atoms with E-state index in [0.29, 0.717) is 31.0 Å². The van der Waals surface area contributed by atoms with Gasteiger partial charge in [-0.25, -0.2) is 4.98 Å². The molecule has 1 atom stereocenters. The van der Waals surface area contributed by atoms with Crippen molar-refractivity contribution in [2.24, 2.45) is 7.05 Å². The van der Waals surface area contributed by atoms with Crippen LogP contribution in [0.1, 0.15) is 36.7 Å². The average Bonchev–Trinajstić information content (AvgIpc) is 3.03. The van der Waals surface area contributed by atoms with Crippen LogP contribution in [0.2, 0.25) is 0 Å². The fourth-order valence-electron chi connectivity index (χ4n) is 4.22. The predicted molar refractivity (Wildman–Crippen MR) is 125 cm³/mol. The first-order valence-corrected chi connectivity index (χ1v) is 11.5. The van der Waals surface area contributed by atoms with Gasteiger partial charge in [0.05, 0.1) is 30.3 Å². The Bertz CT molecular complexity index is 1210. The molecule has 2 aromatic carbocycles. The zero-order chi connectivity index (χ0) is 25.2. The highest BCUT2D eigenvalue weighted by Gasteiger charge is 2.31. The molecule has 1 N–H and O–H groups in total. The summed E-state index contributed by atoms with van der Waals surface area (Å²) in [6, 6.07) is 9.21. The van der Waals surface area contributed by atoms with E-state index in [0.717, 1.165) is 35.6 Å². The minimum atomic E-state index is -4.43. The van der Waals surface area contributed by atoms with Gasteiger partial charge in [0.15, 0.2) is 0 Å². The number of hydrogen-bond donors (Lipinski definition) is 1. The van der Waals surface area contributed by atoms with Crippen LogP contribution < -0.4 is 14.8 Å². The number of carbonyl (C=O) groups excluding carboxylic acids is 1. The summed E-state index contributed by atoms with van der Waals surface area (Å²) >= 11 is 0. The lowest BCUT2D eigenvalue weighted by Crippen LogP contribution is -2.35. The molecule has 0 radical (unpaired) electrons. The van der Waals surface area contributed by atoms with E-state index >= 15 is 0 Å². The molecular formula is C25H29F3N4O3. The van der Waals surface area contributed by atoms with Gasteiger partial charge in [-0.1, -0.05) is 6.92 Å². The Morgan fingerprint density at radius 2 is 2.06 bits per heavy atom. The van der Waals surface area contributed by atoms with Crippen molar-refractivity contribution >= 4 is 16.9 Å². The second-order valence-electron chi connectivity index (χ2n) is 8.67. The second kappa shape index (κ2) is 10.2. The van der Waals surface area contributed by atoms with Gasteiger partial charge in [0.25, 0.3) is 0 Å². The highest BCUT2D eigenvalue weighted by Crippen LogP contribution is 2.32. The second-order valence-corrected chi connectivity index (χ2v) is 8.67. The van der Waals surface area contributed by atoms with Crippen molar-refractivity contribution in [3.63, 3.8) is 0 Å². The normalized spacial score (nSPS) is 16.5. The molecule has 0 aliphatic carbocycles. The van der Waals surface area contributed by atoms with Crippen LogP contribution in [0.25, 0.3) is 11.0 Å². The zero-order valence-electron chi connectivity index (χ0n) is 20.0. The maximum Gasteiger partial charge on any atom is 0.416 e. The molecule has 35 heavy (non-hydrogen) atoms. The Kier molecular flexibility index (Phi) is 7.20. The van der Waals surface area contributed by atoms with Gasteiger partial charge in [-0.15, -0.1) is 0 Å². The lowest BCUT2D eigenvalue weighted by Gasteiger charge is -2.22. The standard InChI is InChI=1S/C25H29F3N4O3/c1-4-18-15-32(14-16-11-19(34-3)6-8-22(16)35-18)10-9-24(33)29-13-23-30-20-12-17(25(26,27)28)5-7-21(20)31(23)2/h5-8,11-12,18H,4,9-10,13-15H2,1-3H3,(H,29,33). The molecule has 1 amide bonds. The van der Waals surface area contributed by atoms with E-state index in [9.17, 15) is 18.0 Å². The highest BCUT2D eigenvalue weighted by atomic mass is 19.4. The van der Waals surface area contributed by atoms with Gasteiger partial charge in [0.1, 0.15) is 23.4 Å². The summed E-state index contributed by atoms with van der Waals surface area (Å²) in [6.07, 6.45) is -3.29. The van der Waals surface area contributed by atoms with Crippen LogP contribution in [0, 0.1) is 0 Å². The summed E-state index contributed by atoms with van der Waals surface area (Å²) in [4.78, 5) is 19.1. The highest BCUT2D eigenvalue weighted by molar-refractivity contribution is 5.78. The zero-order valence-corrected chi connectivity index (χ0v) is 20.0. The molecule has 2 heterocycles. The Morgan fingerprint density at radius 3 is 2.77 bits per heavy atom. The van der Waals surface area contributed by atoms with Crippen molar-refractivity contribution in [3.05, 3.63) is 53.3 Å². The van der Waals surface area contributed by atoms with Crippen LogP contribution >= 0.6 is 0 Å². The maximum absolute atomic E-state index is 13.0. The molecule has 7 nitrogen and oxygen atoms in total. The summed E-state index contributed by atoms with van der Waals surface area (Å²) in [5.41, 5.74) is 1.09. The SMILES string of the molecule is CCC1CN(CCC(=O)NCc2nc3cc(C(F)(F)F)ccc3n2C)Cc2cc(OC)ccc2O1. The van der Waals surface area contributed by atoms with Gasteiger partial charge in [-0.3, -0.25) is 9.69 Å². The molecule has 1 aliphatic heterocycles. The van der Waals surface area contributed by atoms with Crippen molar-refractivity contribution in [2.45, 2.75) is 45.1 Å². The first kappa shape index (κ1) is 24.8. The van der Waals surface area contributed by atoms with Crippen LogP contribution in [0.3, 0.4) is 0 Å². The minimum Gasteiger partial charge on any atom is -0.497 e. The lowest BCUT2D eigenvalue weighted by molar-refractivity contribution is -0.137. The topological polar surface area (TPSA) is 68.6 Å². The third-order valence-electron chi connectivity index (χ3n) is 6.27. The number of fused-ring (bicyclic) bond motifs is 2. The van der Waals surface area contributed by atoms with Crippen LogP contribution in [0.15, 0.2) is 36.4 Å². The Hall–Kier alpha value is -3.27. The molecule has 4 rings (SSSR count). The molecule has 0 saturated heterocycles. The van der Waals surface area contributed by atoms with Crippen molar-refractivity contribution < 1.29 is 27.4 Å². The van der Waals surface area contributed by atoms with Crippen LogP contribution in [-0.4, -0.2) is 46.7 Å². The number of nitrogens with one attached hydrogen (secondary N) is 1. The van der Waals surface area contributed by atoms with E-state index in [2.05, 4.69) is 22.1 Å². The largest absolute Gasteiger partial charge is 0.497 e. The van der Waals surface area contributed by atoms with Crippen molar-refractivity contribution in [1.82, 2.24) is 19.8 Å². The molecule has 0 saturated carbocycles. The minimum absolute atomic E-state index is 0.0225. The fraction of sp³-hybridized carbons (Fsp3) is 0.440. The number of ether oxygens (including phenoxy) is 2. The summed E-state index contributed by atoms with van der Waals surface area (Å²) in [7, 11) is 3.34. The number of nitrogens with zero attached hydrogens (tertiary/aromatic N) is 3. The van der Waals surface area contributed by atoms with Gasteiger partial charge >= 0.3 is 6.18 Å². The van der Waals surface area contributed by atoms with E-state index in [1.807, 2.05) is 18.2 Å². The Morgan fingerprint density at radius 1 is 1.26 bits per heavy atom. The number of benzene rings is 2. The molecule has 3 aromatic rings. The molecule has 1 aromatic heterocycles. The third-order valence-corrected chi connectivity index (χ3v) is 6.27. The molecule has 1 aliphatic rings. The van der Waals surface area contributed by atoms with Gasteiger partial charge in [0, 0.05) is 38.7 Å². The number of rotatable bonds is 7. The summed E-state index contributed by atoms with van der Waals surface area (Å²) < 4.78 is 52.2. The van der Waals surface area contributed by atoms with E-state index in [1.165, 1.54) is 6.07 Å². The average molecular weight is 491 g/mol. The van der Waals surface area contributed by atoms with Gasteiger partial charge in [-0.2, -0.15) is 13.2 Å². The first-order valence-electron chi connectivity index (χ1n) is 11.5. The maximum atomic E-state index is 13.0. The molecule has 0 fully saturated rings. The summed E-state index contributed by atoms with van der Waals surface area (Å²) in [5, 5.41) is 2.84. The Balaban J connectivity index is 1.37. The monoisotopic (exact) mass is 490 g/mol. The molecular weight excluding hydrogens is 461 g/mol. The molecule has 10 heteroatoms. The third kappa shape index (κ3) is 5.70. The summed E-state index contributed by atoms with van der Waals surface area (Å²) in [5.74, 6) is 1.92. The number of halogens is 3. The first-order chi connectivity index (χ1) is 16.7. The number of aromatic nitrogens is 2. The number of methoxy groups -OCH3 is 1. The van der Waals surface area contributed by atoms with E-state index in [1.54, 1.807) is 18.7 Å². The van der Waals surface area contributed by atoms with Crippen molar-refractivity contribution in [2.75, 3.05) is 20.2 Å². The van der Waals surface area contributed by atoms with Crippen LogP contribution in [0.5, 0.6) is 11.5 Å². The number of amides is 1. The quantitative estimate of drug-likeness (QED) is 0.536. The van der Waals surface area contributed by atoms with Crippen LogP contribution in [0.4, 0.5) is 13.2 Å². The van der Waals surface area contributed by atoms with Crippen LogP contribution in [-0.2, 0) is 31.1 Å². The van der Waals surface area contributed by atoms with Gasteiger partial charge in [-0.05, 0) is 42.8 Å². The van der Waals surface area contributed by atoms with Crippen molar-refractivity contribution in [3.8, 4) is 11.5 Å². The van der Waals surface area contributed by atoms with Gasteiger partial charge < -0.3 is 19.4 Å². The number of imidazole rings is 1. The molecule has 0 bridgehead atoms. The van der Waals surface area contributed by atoms with E-state index in [4.69, 9.17) is 9.47 Å². The predicted octanol–water partition coefficient (Wildman–Crippen LogP) is 4.28. The van der Waals surface area contributed by atoms with E-state index in [-0.39, 0.29) is 30.5 Å². The smallest absolute Gasteiger partial charge is 0.416 e. The number of carbonyl (C=O) groups is 1. The van der Waals surface area contributed by atoms with Crippen molar-refractivity contribution in [1.29, 1.82) is 0 Å². The molecule has 1 unspecified atom stereocenters. The van der Waals surface area contributed by atoms with Gasteiger partial charge in [0.2, 0.25) is 5.91 Å². The molecule has 0 spiro atoms. The number of alkyl halides is 3.